The first-order valence-electron chi connectivity index (χ1n) is 12.3. The van der Waals surface area contributed by atoms with E-state index >= 15 is 0 Å². The minimum Gasteiger partial charge on any atom is -0.391 e. The fourth-order valence-electron chi connectivity index (χ4n) is 4.66. The van der Waals surface area contributed by atoms with Gasteiger partial charge in [-0.3, -0.25) is 24.5 Å². The van der Waals surface area contributed by atoms with E-state index < -0.39 is 35.9 Å². The highest BCUT2D eigenvalue weighted by Gasteiger charge is 2.41. The van der Waals surface area contributed by atoms with Crippen molar-refractivity contribution in [3.8, 4) is 11.1 Å². The molecule has 0 aliphatic carbocycles. The van der Waals surface area contributed by atoms with Gasteiger partial charge in [0, 0.05) is 12.1 Å². The molecule has 8 heteroatoms. The second kappa shape index (κ2) is 11.5. The number of amides is 3. The van der Waals surface area contributed by atoms with Crippen LogP contribution in [0.2, 0.25) is 0 Å². The van der Waals surface area contributed by atoms with Gasteiger partial charge in [-0.25, -0.2) is 5.48 Å². The van der Waals surface area contributed by atoms with E-state index in [0.717, 1.165) is 33.6 Å². The molecule has 1 heterocycles. The second-order valence-electron chi connectivity index (χ2n) is 9.21. The number of hydroxylamine groups is 1. The van der Waals surface area contributed by atoms with Crippen LogP contribution in [0.25, 0.3) is 11.1 Å². The number of hydrogen-bond donors (Lipinski definition) is 4. The van der Waals surface area contributed by atoms with Gasteiger partial charge >= 0.3 is 0 Å². The first-order chi connectivity index (χ1) is 17.8. The van der Waals surface area contributed by atoms with Gasteiger partial charge in [0.15, 0.2) is 0 Å². The number of hydrogen-bond acceptors (Lipinski definition) is 6. The Bertz CT molecular complexity index is 1270. The molecular formula is C29H31N3O5. The van der Waals surface area contributed by atoms with Crippen molar-refractivity contribution in [3.63, 3.8) is 0 Å². The van der Waals surface area contributed by atoms with E-state index in [0.29, 0.717) is 13.0 Å². The number of aliphatic hydroxyl groups excluding tert-OH is 1. The van der Waals surface area contributed by atoms with Crippen molar-refractivity contribution in [2.45, 2.75) is 51.4 Å². The minimum atomic E-state index is -1.62. The van der Waals surface area contributed by atoms with Gasteiger partial charge in [0.25, 0.3) is 11.8 Å². The van der Waals surface area contributed by atoms with Crippen LogP contribution in [-0.2, 0) is 29.0 Å². The van der Waals surface area contributed by atoms with E-state index in [1.54, 1.807) is 24.3 Å². The number of carbonyl (C=O) groups is 3. The number of carbonyl (C=O) groups excluding carboxylic acids is 3. The van der Waals surface area contributed by atoms with Gasteiger partial charge in [0.1, 0.15) is 6.04 Å². The summed E-state index contributed by atoms with van der Waals surface area (Å²) in [5.74, 6) is -2.46. The lowest BCUT2D eigenvalue weighted by atomic mass is 9.94. The van der Waals surface area contributed by atoms with Crippen molar-refractivity contribution in [2.75, 3.05) is 0 Å². The SMILES string of the molecule is CCc1ccc(-c2ccc(C(=O)N(C(=O)[C@@H]3Cc4ccccc4CN3)[C@H](C(=O)NO)[C@@H](C)O)cc2)cc1. The Morgan fingerprint density at radius 3 is 2.14 bits per heavy atom. The highest BCUT2D eigenvalue weighted by molar-refractivity contribution is 6.09. The molecule has 0 unspecified atom stereocenters. The van der Waals surface area contributed by atoms with E-state index in [-0.39, 0.29) is 5.56 Å². The van der Waals surface area contributed by atoms with E-state index in [4.69, 9.17) is 0 Å². The van der Waals surface area contributed by atoms with Gasteiger partial charge in [0.2, 0.25) is 5.91 Å². The van der Waals surface area contributed by atoms with Crippen molar-refractivity contribution in [1.29, 1.82) is 0 Å². The monoisotopic (exact) mass is 501 g/mol. The molecule has 3 aromatic carbocycles. The standard InChI is InChI=1S/C29H31N3O5/c1-3-19-8-10-20(11-9-19)21-12-14-22(15-13-21)28(35)32(26(18(2)33)27(34)31-37)29(36)25-16-23-6-4-5-7-24(23)17-30-25/h4-15,18,25-26,30,33,37H,3,16-17H2,1-2H3,(H,31,34)/t18-,25+,26+/m1/s1. The average molecular weight is 502 g/mol. The molecule has 8 nitrogen and oxygen atoms in total. The molecule has 0 bridgehead atoms. The summed E-state index contributed by atoms with van der Waals surface area (Å²) in [7, 11) is 0. The van der Waals surface area contributed by atoms with Gasteiger partial charge in [-0.15, -0.1) is 0 Å². The zero-order chi connectivity index (χ0) is 26.5. The summed E-state index contributed by atoms with van der Waals surface area (Å²) in [4.78, 5) is 40.7. The van der Waals surface area contributed by atoms with Gasteiger partial charge in [-0.1, -0.05) is 67.6 Å². The molecule has 3 atom stereocenters. The highest BCUT2D eigenvalue weighted by Crippen LogP contribution is 2.24. The lowest BCUT2D eigenvalue weighted by Crippen LogP contribution is -2.61. The van der Waals surface area contributed by atoms with Crippen LogP contribution in [0.3, 0.4) is 0 Å². The number of aryl methyl sites for hydroxylation is 1. The van der Waals surface area contributed by atoms with Crippen molar-refractivity contribution >= 4 is 17.7 Å². The fourth-order valence-corrected chi connectivity index (χ4v) is 4.66. The zero-order valence-corrected chi connectivity index (χ0v) is 20.8. The van der Waals surface area contributed by atoms with Crippen LogP contribution in [0.5, 0.6) is 0 Å². The summed E-state index contributed by atoms with van der Waals surface area (Å²) in [6.45, 7) is 3.80. The van der Waals surface area contributed by atoms with Gasteiger partial charge in [-0.2, -0.15) is 0 Å². The molecule has 37 heavy (non-hydrogen) atoms. The summed E-state index contributed by atoms with van der Waals surface area (Å²) in [5, 5.41) is 22.8. The van der Waals surface area contributed by atoms with E-state index in [9.17, 15) is 24.7 Å². The molecule has 4 N–H and O–H groups in total. The Balaban J connectivity index is 1.65. The molecule has 0 saturated carbocycles. The number of imide groups is 1. The van der Waals surface area contributed by atoms with Crippen molar-refractivity contribution < 1.29 is 24.7 Å². The normalized spacial score (nSPS) is 16.3. The molecule has 192 valence electrons. The Morgan fingerprint density at radius 1 is 0.973 bits per heavy atom. The second-order valence-corrected chi connectivity index (χ2v) is 9.21. The van der Waals surface area contributed by atoms with E-state index in [2.05, 4.69) is 12.2 Å². The first kappa shape index (κ1) is 26.2. The Hall–Kier alpha value is -3.85. The third kappa shape index (κ3) is 5.61. The molecule has 0 aromatic heterocycles. The number of nitrogens with zero attached hydrogens (tertiary/aromatic N) is 1. The summed E-state index contributed by atoms with van der Waals surface area (Å²) in [6, 6.07) is 20.1. The fraction of sp³-hybridized carbons (Fsp3) is 0.276. The topological polar surface area (TPSA) is 119 Å². The Labute approximate surface area is 215 Å². The maximum Gasteiger partial charge on any atom is 0.269 e. The number of benzene rings is 3. The quantitative estimate of drug-likeness (QED) is 0.225. The van der Waals surface area contributed by atoms with Gasteiger partial charge in [0.05, 0.1) is 12.1 Å². The van der Waals surface area contributed by atoms with Crippen molar-refractivity contribution in [1.82, 2.24) is 15.7 Å². The van der Waals surface area contributed by atoms with Gasteiger partial charge < -0.3 is 10.4 Å². The molecule has 3 amide bonds. The van der Waals surface area contributed by atoms with Crippen LogP contribution in [0, 0.1) is 0 Å². The molecule has 3 aromatic rings. The number of fused-ring (bicyclic) bond motifs is 1. The molecule has 1 aliphatic heterocycles. The summed E-state index contributed by atoms with van der Waals surface area (Å²) < 4.78 is 0. The number of rotatable bonds is 7. The maximum atomic E-state index is 13.7. The predicted molar refractivity (Wildman–Crippen MR) is 139 cm³/mol. The Kier molecular flexibility index (Phi) is 8.13. The highest BCUT2D eigenvalue weighted by atomic mass is 16.5. The van der Waals surface area contributed by atoms with Crippen LogP contribution in [-0.4, -0.2) is 51.1 Å². The maximum absolute atomic E-state index is 13.7. The van der Waals surface area contributed by atoms with Crippen LogP contribution >= 0.6 is 0 Å². The lowest BCUT2D eigenvalue weighted by Gasteiger charge is -2.35. The van der Waals surface area contributed by atoms with Crippen LogP contribution < -0.4 is 10.8 Å². The zero-order valence-electron chi connectivity index (χ0n) is 20.8. The molecular weight excluding hydrogens is 470 g/mol. The molecule has 0 spiro atoms. The average Bonchev–Trinajstić information content (AvgIpc) is 2.94. The van der Waals surface area contributed by atoms with Crippen LogP contribution in [0.1, 0.15) is 40.9 Å². The molecule has 0 fully saturated rings. The minimum absolute atomic E-state index is 0.176. The van der Waals surface area contributed by atoms with Crippen molar-refractivity contribution in [3.05, 3.63) is 95.1 Å². The summed E-state index contributed by atoms with van der Waals surface area (Å²) >= 11 is 0. The molecule has 4 rings (SSSR count). The van der Waals surface area contributed by atoms with Crippen LogP contribution in [0.4, 0.5) is 0 Å². The molecule has 0 saturated heterocycles. The Morgan fingerprint density at radius 2 is 1.57 bits per heavy atom. The van der Waals surface area contributed by atoms with E-state index in [1.165, 1.54) is 18.0 Å². The summed E-state index contributed by atoms with van der Waals surface area (Å²) in [5.41, 5.74) is 6.76. The largest absolute Gasteiger partial charge is 0.391 e. The number of nitrogens with one attached hydrogen (secondary N) is 2. The third-order valence-electron chi connectivity index (χ3n) is 6.78. The number of aliphatic hydroxyl groups is 1. The lowest BCUT2D eigenvalue weighted by molar-refractivity contribution is -0.147. The van der Waals surface area contributed by atoms with E-state index in [1.807, 2.05) is 48.5 Å². The van der Waals surface area contributed by atoms with Gasteiger partial charge in [-0.05, 0) is 59.7 Å². The van der Waals surface area contributed by atoms with Crippen molar-refractivity contribution in [2.24, 2.45) is 0 Å². The smallest absolute Gasteiger partial charge is 0.269 e. The predicted octanol–water partition coefficient (Wildman–Crippen LogP) is 2.85. The third-order valence-corrected chi connectivity index (χ3v) is 6.78. The van der Waals surface area contributed by atoms with Crippen LogP contribution in [0.15, 0.2) is 72.8 Å². The molecule has 1 aliphatic rings. The first-order valence-corrected chi connectivity index (χ1v) is 12.3. The summed E-state index contributed by atoms with van der Waals surface area (Å²) in [6.07, 6.45) is -0.170. The molecule has 0 radical (unpaired) electrons.